The van der Waals surface area contributed by atoms with Crippen molar-refractivity contribution in [3.8, 4) is 5.75 Å². The number of hydrogen-bond acceptors (Lipinski definition) is 3. The van der Waals surface area contributed by atoms with Gasteiger partial charge >= 0.3 is 0 Å². The summed E-state index contributed by atoms with van der Waals surface area (Å²) in [6.45, 7) is 5.29. The van der Waals surface area contributed by atoms with Crippen molar-refractivity contribution in [1.29, 1.82) is 0 Å². The molecule has 1 N–H and O–H groups in total. The van der Waals surface area contributed by atoms with Crippen molar-refractivity contribution in [3.63, 3.8) is 0 Å². The number of benzene rings is 2. The molecule has 5 heteroatoms. The summed E-state index contributed by atoms with van der Waals surface area (Å²) < 4.78 is 11.2. The van der Waals surface area contributed by atoms with Gasteiger partial charge in [-0.2, -0.15) is 0 Å². The smallest absolute Gasteiger partial charge is 0.193 e. The summed E-state index contributed by atoms with van der Waals surface area (Å²) in [6.07, 6.45) is 1.18. The lowest BCUT2D eigenvalue weighted by atomic mass is 9.95. The third-order valence-electron chi connectivity index (χ3n) is 5.09. The van der Waals surface area contributed by atoms with Gasteiger partial charge in [0.25, 0.3) is 0 Å². The summed E-state index contributed by atoms with van der Waals surface area (Å²) in [5.74, 6) is 2.21. The van der Waals surface area contributed by atoms with Crippen molar-refractivity contribution in [2.45, 2.75) is 26.0 Å². The fraction of sp³-hybridized carbons (Fsp3) is 0.435. The topological polar surface area (TPSA) is 46.1 Å². The number of aliphatic imine (C=N–C) groups is 1. The van der Waals surface area contributed by atoms with Crippen LogP contribution in [-0.2, 0) is 11.3 Å². The second-order valence-electron chi connectivity index (χ2n) is 7.15. The van der Waals surface area contributed by atoms with Gasteiger partial charge in [-0.05, 0) is 36.6 Å². The molecule has 2 unspecified atom stereocenters. The molecule has 0 spiro atoms. The maximum atomic E-state index is 6.01. The number of hydrogen-bond donors (Lipinski definition) is 1. The Morgan fingerprint density at radius 3 is 2.61 bits per heavy atom. The number of ether oxygens (including phenoxy) is 2. The number of nitrogens with one attached hydrogen (secondary N) is 1. The van der Waals surface area contributed by atoms with Crippen LogP contribution < -0.4 is 10.1 Å². The fourth-order valence-electron chi connectivity index (χ4n) is 3.59. The van der Waals surface area contributed by atoms with Crippen molar-refractivity contribution in [3.05, 3.63) is 65.7 Å². The first kappa shape index (κ1) is 20.2. The minimum Gasteiger partial charge on any atom is -0.497 e. The van der Waals surface area contributed by atoms with Crippen molar-refractivity contribution >= 4 is 5.96 Å². The molecular formula is C23H31N3O2. The third kappa shape index (κ3) is 5.26. The summed E-state index contributed by atoms with van der Waals surface area (Å²) in [5.41, 5.74) is 2.47. The first-order valence-corrected chi connectivity index (χ1v) is 10.00. The van der Waals surface area contributed by atoms with Gasteiger partial charge in [0.2, 0.25) is 0 Å². The van der Waals surface area contributed by atoms with E-state index in [1.165, 1.54) is 11.1 Å². The summed E-state index contributed by atoms with van der Waals surface area (Å²) in [4.78, 5) is 7.09. The molecule has 2 atom stereocenters. The molecule has 1 fully saturated rings. The zero-order valence-electron chi connectivity index (χ0n) is 17.1. The van der Waals surface area contributed by atoms with E-state index in [9.17, 15) is 0 Å². The zero-order chi connectivity index (χ0) is 19.8. The van der Waals surface area contributed by atoms with Crippen LogP contribution in [0.3, 0.4) is 0 Å². The normalized spacial score (nSPS) is 19.5. The molecular weight excluding hydrogens is 350 g/mol. The predicted molar refractivity (Wildman–Crippen MR) is 114 cm³/mol. The van der Waals surface area contributed by atoms with E-state index in [-0.39, 0.29) is 6.10 Å². The number of nitrogens with zero attached hydrogens (tertiary/aromatic N) is 2. The van der Waals surface area contributed by atoms with Gasteiger partial charge < -0.3 is 19.7 Å². The van der Waals surface area contributed by atoms with Gasteiger partial charge in [-0.1, -0.05) is 42.5 Å². The minimum atomic E-state index is 0.139. The Morgan fingerprint density at radius 2 is 1.93 bits per heavy atom. The average Bonchev–Trinajstić information content (AvgIpc) is 3.21. The van der Waals surface area contributed by atoms with Crippen molar-refractivity contribution in [2.75, 3.05) is 33.9 Å². The molecule has 3 rings (SSSR count). The molecule has 2 aromatic rings. The Kier molecular flexibility index (Phi) is 7.31. The van der Waals surface area contributed by atoms with Crippen molar-refractivity contribution < 1.29 is 9.47 Å². The zero-order valence-corrected chi connectivity index (χ0v) is 17.1. The van der Waals surface area contributed by atoms with Crippen LogP contribution in [0.25, 0.3) is 0 Å². The number of guanidine groups is 1. The van der Waals surface area contributed by atoms with E-state index in [2.05, 4.69) is 60.6 Å². The lowest BCUT2D eigenvalue weighted by Gasteiger charge is -2.23. The molecule has 0 amide bonds. The van der Waals surface area contributed by atoms with E-state index >= 15 is 0 Å². The van der Waals surface area contributed by atoms with E-state index in [4.69, 9.17) is 14.5 Å². The molecule has 5 nitrogen and oxygen atoms in total. The van der Waals surface area contributed by atoms with Crippen LogP contribution >= 0.6 is 0 Å². The minimum absolute atomic E-state index is 0.139. The van der Waals surface area contributed by atoms with Gasteiger partial charge in [0.05, 0.1) is 13.2 Å². The summed E-state index contributed by atoms with van der Waals surface area (Å²) in [6, 6.07) is 18.7. The molecule has 1 heterocycles. The maximum Gasteiger partial charge on any atom is 0.193 e. The summed E-state index contributed by atoms with van der Waals surface area (Å²) >= 11 is 0. The Morgan fingerprint density at radius 1 is 1.18 bits per heavy atom. The van der Waals surface area contributed by atoms with Crippen LogP contribution in [0.15, 0.2) is 59.6 Å². The number of methoxy groups -OCH3 is 1. The average molecular weight is 382 g/mol. The predicted octanol–water partition coefficient (Wildman–Crippen LogP) is 3.87. The maximum absolute atomic E-state index is 6.01. The Hall–Kier alpha value is -2.53. The summed E-state index contributed by atoms with van der Waals surface area (Å²) in [5, 5.41) is 3.41. The molecule has 0 saturated carbocycles. The molecule has 2 aromatic carbocycles. The third-order valence-corrected chi connectivity index (χ3v) is 5.09. The Balaban J connectivity index is 1.65. The molecule has 0 aliphatic carbocycles. The van der Waals surface area contributed by atoms with Crippen molar-refractivity contribution in [2.24, 2.45) is 10.9 Å². The van der Waals surface area contributed by atoms with Crippen LogP contribution in [-0.4, -0.2) is 44.7 Å². The molecule has 0 radical (unpaired) electrons. The highest BCUT2D eigenvalue weighted by molar-refractivity contribution is 5.79. The van der Waals surface area contributed by atoms with E-state index in [0.717, 1.165) is 44.4 Å². The van der Waals surface area contributed by atoms with Crippen LogP contribution in [0.5, 0.6) is 5.75 Å². The molecule has 1 saturated heterocycles. The molecule has 0 bridgehead atoms. The van der Waals surface area contributed by atoms with E-state index < -0.39 is 0 Å². The lowest BCUT2D eigenvalue weighted by molar-refractivity contribution is 0.0925. The van der Waals surface area contributed by atoms with E-state index in [0.29, 0.717) is 5.92 Å². The largest absolute Gasteiger partial charge is 0.497 e. The van der Waals surface area contributed by atoms with Gasteiger partial charge in [-0.25, -0.2) is 0 Å². The monoisotopic (exact) mass is 381 g/mol. The second-order valence-corrected chi connectivity index (χ2v) is 7.15. The van der Waals surface area contributed by atoms with E-state index in [1.54, 1.807) is 7.11 Å². The highest BCUT2D eigenvalue weighted by atomic mass is 16.5. The van der Waals surface area contributed by atoms with Gasteiger partial charge in [0.1, 0.15) is 5.75 Å². The fourth-order valence-corrected chi connectivity index (χ4v) is 3.59. The van der Waals surface area contributed by atoms with Crippen LogP contribution in [0.1, 0.15) is 30.6 Å². The van der Waals surface area contributed by atoms with Gasteiger partial charge in [0.15, 0.2) is 5.96 Å². The van der Waals surface area contributed by atoms with Crippen molar-refractivity contribution in [1.82, 2.24) is 10.2 Å². The second kappa shape index (κ2) is 10.1. The van der Waals surface area contributed by atoms with Gasteiger partial charge in [0, 0.05) is 39.2 Å². The van der Waals surface area contributed by atoms with Gasteiger partial charge in [-0.3, -0.25) is 4.99 Å². The molecule has 0 aromatic heterocycles. The summed E-state index contributed by atoms with van der Waals surface area (Å²) in [7, 11) is 3.76. The first-order valence-electron chi connectivity index (χ1n) is 10.00. The van der Waals surface area contributed by atoms with Gasteiger partial charge in [-0.15, -0.1) is 0 Å². The highest BCUT2D eigenvalue weighted by Gasteiger charge is 2.29. The SMILES string of the molecule is CCNC(=NCC1CCOC1c1ccccc1)N(C)Cc1ccc(OC)cc1. The van der Waals surface area contributed by atoms with Crippen LogP contribution in [0, 0.1) is 5.92 Å². The Bertz CT molecular complexity index is 746. The van der Waals surface area contributed by atoms with E-state index in [1.807, 2.05) is 18.2 Å². The molecule has 28 heavy (non-hydrogen) atoms. The first-order chi connectivity index (χ1) is 13.7. The quantitative estimate of drug-likeness (QED) is 0.584. The Labute approximate surface area is 168 Å². The number of rotatable bonds is 7. The molecule has 150 valence electrons. The highest BCUT2D eigenvalue weighted by Crippen LogP contribution is 2.34. The molecule has 1 aliphatic heterocycles. The van der Waals surface area contributed by atoms with Crippen LogP contribution in [0.4, 0.5) is 0 Å². The lowest BCUT2D eigenvalue weighted by Crippen LogP contribution is -2.38. The molecule has 1 aliphatic rings. The standard InChI is InChI=1S/C23H31N3O2/c1-4-24-23(26(2)17-18-10-12-21(27-3)13-11-18)25-16-20-14-15-28-22(20)19-8-6-5-7-9-19/h5-13,20,22H,4,14-17H2,1-3H3,(H,24,25). The van der Waals surface area contributed by atoms with Crippen LogP contribution in [0.2, 0.25) is 0 Å².